The number of ether oxygens (including phenoxy) is 1. The lowest BCUT2D eigenvalue weighted by molar-refractivity contribution is 0.0601. The predicted molar refractivity (Wildman–Crippen MR) is 78.1 cm³/mol. The van der Waals surface area contributed by atoms with Gasteiger partial charge in [0.15, 0.2) is 0 Å². The fraction of sp³-hybridized carbons (Fsp3) is 0.417. The molecule has 0 saturated carbocycles. The van der Waals surface area contributed by atoms with E-state index in [1.54, 1.807) is 12.1 Å². The van der Waals surface area contributed by atoms with Gasteiger partial charge in [-0.3, -0.25) is 0 Å². The molecule has 0 bridgehead atoms. The molecule has 20 heavy (non-hydrogen) atoms. The third-order valence-electron chi connectivity index (χ3n) is 2.51. The van der Waals surface area contributed by atoms with Gasteiger partial charge in [-0.2, -0.15) is 0 Å². The number of sulfonamides is 1. The van der Waals surface area contributed by atoms with Crippen molar-refractivity contribution in [2.75, 3.05) is 37.5 Å². The third-order valence-corrected chi connectivity index (χ3v) is 3.23. The van der Waals surface area contributed by atoms with E-state index in [-0.39, 0.29) is 0 Å². The van der Waals surface area contributed by atoms with Gasteiger partial charge in [0.25, 0.3) is 0 Å². The summed E-state index contributed by atoms with van der Waals surface area (Å²) in [5.74, 6) is -0.444. The molecular weight excluding hydrogens is 282 g/mol. The average molecular weight is 301 g/mol. The number of nitrogens with one attached hydrogen (secondary N) is 2. The number of hydrogen-bond acceptors (Lipinski definition) is 6. The molecular formula is C12H19N3O4S. The molecule has 8 heteroatoms. The van der Waals surface area contributed by atoms with E-state index in [0.29, 0.717) is 36.4 Å². The lowest BCUT2D eigenvalue weighted by Crippen LogP contribution is -2.24. The van der Waals surface area contributed by atoms with Crippen molar-refractivity contribution in [3.05, 3.63) is 23.8 Å². The number of hydrogen-bond donors (Lipinski definition) is 3. The van der Waals surface area contributed by atoms with Gasteiger partial charge >= 0.3 is 5.97 Å². The molecule has 0 aliphatic heterocycles. The van der Waals surface area contributed by atoms with Crippen molar-refractivity contribution in [3.63, 3.8) is 0 Å². The maximum atomic E-state index is 11.3. The number of rotatable bonds is 7. The Morgan fingerprint density at radius 2 is 2.05 bits per heavy atom. The summed E-state index contributed by atoms with van der Waals surface area (Å²) in [4.78, 5) is 11.3. The first-order valence-electron chi connectivity index (χ1n) is 6.00. The van der Waals surface area contributed by atoms with Crippen molar-refractivity contribution in [3.8, 4) is 0 Å². The van der Waals surface area contributed by atoms with Crippen LogP contribution in [-0.4, -0.2) is 40.8 Å². The molecule has 0 amide bonds. The number of nitrogens with two attached hydrogens (primary N) is 1. The Hall–Kier alpha value is -1.80. The zero-order chi connectivity index (χ0) is 15.2. The molecule has 0 spiro atoms. The van der Waals surface area contributed by atoms with E-state index in [2.05, 4.69) is 14.8 Å². The van der Waals surface area contributed by atoms with Crippen LogP contribution in [0.4, 0.5) is 11.4 Å². The van der Waals surface area contributed by atoms with E-state index >= 15 is 0 Å². The number of carbonyl (C=O) groups is 1. The molecule has 7 nitrogen and oxygen atoms in total. The van der Waals surface area contributed by atoms with E-state index in [4.69, 9.17) is 5.73 Å². The molecule has 1 rings (SSSR count). The van der Waals surface area contributed by atoms with Crippen LogP contribution in [0, 0.1) is 0 Å². The quantitative estimate of drug-likeness (QED) is 0.382. The highest BCUT2D eigenvalue weighted by molar-refractivity contribution is 7.88. The minimum absolute atomic E-state index is 0.353. The number of anilines is 2. The predicted octanol–water partition coefficient (Wildman–Crippen LogP) is 0.407. The largest absolute Gasteiger partial charge is 0.465 e. The summed E-state index contributed by atoms with van der Waals surface area (Å²) in [5, 5.41) is 3.07. The molecule has 0 aliphatic rings. The van der Waals surface area contributed by atoms with E-state index in [1.807, 2.05) is 0 Å². The summed E-state index contributed by atoms with van der Waals surface area (Å²) >= 11 is 0. The van der Waals surface area contributed by atoms with Gasteiger partial charge in [0.2, 0.25) is 10.0 Å². The van der Waals surface area contributed by atoms with Gasteiger partial charge in [0, 0.05) is 13.1 Å². The second-order valence-corrected chi connectivity index (χ2v) is 6.07. The van der Waals surface area contributed by atoms with Gasteiger partial charge in [0.1, 0.15) is 0 Å². The molecule has 112 valence electrons. The van der Waals surface area contributed by atoms with E-state index < -0.39 is 16.0 Å². The molecule has 0 radical (unpaired) electrons. The van der Waals surface area contributed by atoms with Crippen LogP contribution < -0.4 is 15.8 Å². The van der Waals surface area contributed by atoms with Crippen molar-refractivity contribution < 1.29 is 17.9 Å². The van der Waals surface area contributed by atoms with Crippen molar-refractivity contribution in [2.24, 2.45) is 0 Å². The summed E-state index contributed by atoms with van der Waals surface area (Å²) in [5.41, 5.74) is 7.33. The molecule has 1 aromatic rings. The first-order chi connectivity index (χ1) is 9.33. The molecule has 0 atom stereocenters. The van der Waals surface area contributed by atoms with Crippen LogP contribution in [0.3, 0.4) is 0 Å². The van der Waals surface area contributed by atoms with Crippen LogP contribution in [0.2, 0.25) is 0 Å². The molecule has 0 fully saturated rings. The van der Waals surface area contributed by atoms with Gasteiger partial charge in [0.05, 0.1) is 30.3 Å². The Balaban J connectivity index is 2.47. The highest BCUT2D eigenvalue weighted by Crippen LogP contribution is 2.20. The Morgan fingerprint density at radius 3 is 2.60 bits per heavy atom. The summed E-state index contributed by atoms with van der Waals surface area (Å²) in [7, 11) is -1.84. The van der Waals surface area contributed by atoms with Crippen LogP contribution in [0.25, 0.3) is 0 Å². The molecule has 0 aromatic heterocycles. The van der Waals surface area contributed by atoms with Gasteiger partial charge in [-0.1, -0.05) is 0 Å². The summed E-state index contributed by atoms with van der Waals surface area (Å²) in [6, 6.07) is 4.83. The molecule has 0 heterocycles. The second kappa shape index (κ2) is 7.11. The van der Waals surface area contributed by atoms with E-state index in [1.165, 1.54) is 13.2 Å². The zero-order valence-corrected chi connectivity index (χ0v) is 12.3. The highest BCUT2D eigenvalue weighted by Gasteiger charge is 2.07. The monoisotopic (exact) mass is 301 g/mol. The van der Waals surface area contributed by atoms with Crippen LogP contribution in [0.15, 0.2) is 18.2 Å². The highest BCUT2D eigenvalue weighted by atomic mass is 32.2. The Bertz CT molecular complexity index is 572. The Labute approximate surface area is 118 Å². The van der Waals surface area contributed by atoms with Gasteiger partial charge in [-0.25, -0.2) is 17.9 Å². The average Bonchev–Trinajstić information content (AvgIpc) is 2.37. The van der Waals surface area contributed by atoms with Crippen LogP contribution in [0.5, 0.6) is 0 Å². The van der Waals surface area contributed by atoms with Crippen LogP contribution >= 0.6 is 0 Å². The number of esters is 1. The maximum Gasteiger partial charge on any atom is 0.337 e. The Kier molecular flexibility index (Phi) is 5.78. The van der Waals surface area contributed by atoms with E-state index in [0.717, 1.165) is 6.26 Å². The summed E-state index contributed by atoms with van der Waals surface area (Å²) < 4.78 is 28.7. The SMILES string of the molecule is COC(=O)c1ccc(NCCCNS(C)(=O)=O)c(N)c1. The fourth-order valence-electron chi connectivity index (χ4n) is 1.54. The standard InChI is InChI=1S/C12H19N3O4S/c1-19-12(16)9-4-5-11(10(13)8-9)14-6-3-7-15-20(2,17)18/h4-5,8,14-15H,3,6-7,13H2,1-2H3. The van der Waals surface area contributed by atoms with Gasteiger partial charge in [-0.05, 0) is 24.6 Å². The van der Waals surface area contributed by atoms with Crippen LogP contribution in [0.1, 0.15) is 16.8 Å². The first-order valence-corrected chi connectivity index (χ1v) is 7.89. The van der Waals surface area contributed by atoms with Gasteiger partial charge < -0.3 is 15.8 Å². The molecule has 0 unspecified atom stereocenters. The van der Waals surface area contributed by atoms with Crippen molar-refractivity contribution >= 4 is 27.4 Å². The topological polar surface area (TPSA) is 111 Å². The molecule has 0 aliphatic carbocycles. The molecule has 4 N–H and O–H groups in total. The lowest BCUT2D eigenvalue weighted by Gasteiger charge is -2.10. The van der Waals surface area contributed by atoms with Gasteiger partial charge in [-0.15, -0.1) is 0 Å². The normalized spacial score (nSPS) is 11.1. The maximum absolute atomic E-state index is 11.3. The number of methoxy groups -OCH3 is 1. The zero-order valence-electron chi connectivity index (χ0n) is 11.5. The summed E-state index contributed by atoms with van der Waals surface area (Å²) in [6.07, 6.45) is 1.73. The molecule has 1 aromatic carbocycles. The Morgan fingerprint density at radius 1 is 1.35 bits per heavy atom. The summed E-state index contributed by atoms with van der Waals surface area (Å²) in [6.45, 7) is 0.913. The smallest absolute Gasteiger partial charge is 0.337 e. The number of benzene rings is 1. The van der Waals surface area contributed by atoms with E-state index in [9.17, 15) is 13.2 Å². The number of carbonyl (C=O) groups excluding carboxylic acids is 1. The lowest BCUT2D eigenvalue weighted by atomic mass is 10.1. The molecule has 0 saturated heterocycles. The second-order valence-electron chi connectivity index (χ2n) is 4.24. The minimum atomic E-state index is -3.15. The fourth-order valence-corrected chi connectivity index (χ4v) is 2.05. The van der Waals surface area contributed by atoms with Crippen molar-refractivity contribution in [1.29, 1.82) is 0 Å². The van der Waals surface area contributed by atoms with Crippen molar-refractivity contribution in [1.82, 2.24) is 4.72 Å². The van der Waals surface area contributed by atoms with Crippen LogP contribution in [-0.2, 0) is 14.8 Å². The van der Waals surface area contributed by atoms with Crippen molar-refractivity contribution in [2.45, 2.75) is 6.42 Å². The minimum Gasteiger partial charge on any atom is -0.465 e. The third kappa shape index (κ3) is 5.45. The first kappa shape index (κ1) is 16.3. The number of nitrogen functional groups attached to an aromatic ring is 1.